The summed E-state index contributed by atoms with van der Waals surface area (Å²) in [6.45, 7) is 4.07. The number of H-pyrrole nitrogens is 1. The maximum Gasteiger partial charge on any atom is 0.225 e. The number of rotatable bonds is 4. The Bertz CT molecular complexity index is 1260. The van der Waals surface area contributed by atoms with Crippen LogP contribution in [0.25, 0.3) is 22.0 Å². The molecule has 1 fully saturated rings. The summed E-state index contributed by atoms with van der Waals surface area (Å²) < 4.78 is 0. The smallest absolute Gasteiger partial charge is 0.225 e. The number of aromatic amines is 1. The zero-order chi connectivity index (χ0) is 21.2. The second-order valence-electron chi connectivity index (χ2n) is 7.84. The van der Waals surface area contributed by atoms with Gasteiger partial charge in [0.05, 0.1) is 11.3 Å². The Morgan fingerprint density at radius 2 is 1.84 bits per heavy atom. The zero-order valence-corrected chi connectivity index (χ0v) is 17.4. The van der Waals surface area contributed by atoms with E-state index in [2.05, 4.69) is 49.2 Å². The number of nitrogens with one attached hydrogen (secondary N) is 2. The van der Waals surface area contributed by atoms with E-state index in [9.17, 15) is 5.26 Å². The highest BCUT2D eigenvalue weighted by molar-refractivity contribution is 5.91. The molecular formula is C24H23N7. The molecule has 0 radical (unpaired) electrons. The number of piperidine rings is 1. The molecule has 0 spiro atoms. The number of hydrogen-bond acceptors (Lipinski definition) is 6. The van der Waals surface area contributed by atoms with Gasteiger partial charge in [-0.15, -0.1) is 0 Å². The highest BCUT2D eigenvalue weighted by atomic mass is 15.2. The summed E-state index contributed by atoms with van der Waals surface area (Å²) in [7, 11) is 0. The molecule has 4 aromatic rings. The fourth-order valence-corrected chi connectivity index (χ4v) is 4.17. The van der Waals surface area contributed by atoms with Gasteiger partial charge < -0.3 is 15.2 Å². The lowest BCUT2D eigenvalue weighted by molar-refractivity contribution is 0.568. The second kappa shape index (κ2) is 8.07. The van der Waals surface area contributed by atoms with Gasteiger partial charge in [0.25, 0.3) is 0 Å². The van der Waals surface area contributed by atoms with Gasteiger partial charge in [0.15, 0.2) is 0 Å². The summed E-state index contributed by atoms with van der Waals surface area (Å²) in [5.41, 5.74) is 5.96. The van der Waals surface area contributed by atoms with Crippen molar-refractivity contribution in [3.8, 4) is 17.2 Å². The zero-order valence-electron chi connectivity index (χ0n) is 17.4. The van der Waals surface area contributed by atoms with Crippen molar-refractivity contribution in [2.75, 3.05) is 23.3 Å². The molecule has 1 aliphatic heterocycles. The molecule has 5 rings (SSSR count). The van der Waals surface area contributed by atoms with Crippen molar-refractivity contribution in [2.24, 2.45) is 0 Å². The molecule has 3 aromatic heterocycles. The fraction of sp³-hybridized carbons (Fsp3) is 0.250. The van der Waals surface area contributed by atoms with E-state index in [1.54, 1.807) is 12.4 Å². The Hall–Kier alpha value is -3.92. The topological polar surface area (TPSA) is 93.5 Å². The summed E-state index contributed by atoms with van der Waals surface area (Å²) in [6, 6.07) is 8.38. The number of fused-ring (bicyclic) bond motifs is 1. The third kappa shape index (κ3) is 3.57. The van der Waals surface area contributed by atoms with Gasteiger partial charge in [-0.05, 0) is 49.9 Å². The molecule has 0 unspecified atom stereocenters. The van der Waals surface area contributed by atoms with E-state index >= 15 is 0 Å². The number of aryl methyl sites for hydroxylation is 1. The van der Waals surface area contributed by atoms with E-state index in [4.69, 9.17) is 0 Å². The van der Waals surface area contributed by atoms with Gasteiger partial charge in [-0.3, -0.25) is 4.98 Å². The quantitative estimate of drug-likeness (QED) is 0.496. The number of pyridine rings is 1. The third-order valence-corrected chi connectivity index (χ3v) is 5.92. The van der Waals surface area contributed by atoms with Crippen LogP contribution >= 0.6 is 0 Å². The lowest BCUT2D eigenvalue weighted by Crippen LogP contribution is -2.30. The van der Waals surface area contributed by atoms with Gasteiger partial charge in [-0.1, -0.05) is 0 Å². The maximum absolute atomic E-state index is 9.72. The highest BCUT2D eigenvalue weighted by Crippen LogP contribution is 2.34. The van der Waals surface area contributed by atoms with Gasteiger partial charge >= 0.3 is 0 Å². The minimum Gasteiger partial charge on any atom is -0.361 e. The van der Waals surface area contributed by atoms with E-state index in [-0.39, 0.29) is 0 Å². The van der Waals surface area contributed by atoms with Crippen LogP contribution in [0.3, 0.4) is 0 Å². The molecule has 31 heavy (non-hydrogen) atoms. The highest BCUT2D eigenvalue weighted by Gasteiger charge is 2.16. The fourth-order valence-electron chi connectivity index (χ4n) is 4.17. The van der Waals surface area contributed by atoms with Crippen LogP contribution in [-0.4, -0.2) is 33.0 Å². The van der Waals surface area contributed by atoms with Crippen LogP contribution in [0.15, 0.2) is 49.2 Å². The maximum atomic E-state index is 9.72. The molecule has 1 saturated heterocycles. The second-order valence-corrected chi connectivity index (χ2v) is 7.84. The predicted molar refractivity (Wildman–Crippen MR) is 122 cm³/mol. The van der Waals surface area contributed by atoms with E-state index in [1.165, 1.54) is 19.3 Å². The van der Waals surface area contributed by atoms with Gasteiger partial charge in [0, 0.05) is 71.8 Å². The van der Waals surface area contributed by atoms with Crippen molar-refractivity contribution in [3.05, 3.63) is 60.3 Å². The van der Waals surface area contributed by atoms with Gasteiger partial charge in [0.1, 0.15) is 6.07 Å². The summed E-state index contributed by atoms with van der Waals surface area (Å²) in [5, 5.41) is 14.3. The predicted octanol–water partition coefficient (Wildman–Crippen LogP) is 4.93. The number of nitrogens with zero attached hydrogens (tertiary/aromatic N) is 5. The summed E-state index contributed by atoms with van der Waals surface area (Å²) in [6.07, 6.45) is 12.5. The van der Waals surface area contributed by atoms with Gasteiger partial charge in [0.2, 0.25) is 5.95 Å². The first-order valence-corrected chi connectivity index (χ1v) is 10.5. The van der Waals surface area contributed by atoms with E-state index in [0.29, 0.717) is 11.3 Å². The molecular weight excluding hydrogens is 386 g/mol. The van der Waals surface area contributed by atoms with E-state index in [0.717, 1.165) is 52.3 Å². The largest absolute Gasteiger partial charge is 0.361 e. The van der Waals surface area contributed by atoms with Gasteiger partial charge in [-0.25, -0.2) is 9.97 Å². The van der Waals surface area contributed by atoms with Crippen LogP contribution in [-0.2, 0) is 0 Å². The van der Waals surface area contributed by atoms with Crippen molar-refractivity contribution in [3.63, 3.8) is 0 Å². The molecule has 0 atom stereocenters. The first-order valence-electron chi connectivity index (χ1n) is 10.5. The van der Waals surface area contributed by atoms with Crippen LogP contribution in [0.2, 0.25) is 0 Å². The molecule has 1 aliphatic rings. The van der Waals surface area contributed by atoms with Crippen molar-refractivity contribution >= 4 is 28.2 Å². The van der Waals surface area contributed by atoms with Crippen molar-refractivity contribution < 1.29 is 0 Å². The monoisotopic (exact) mass is 409 g/mol. The van der Waals surface area contributed by atoms with E-state index < -0.39 is 0 Å². The van der Waals surface area contributed by atoms with Gasteiger partial charge in [-0.2, -0.15) is 5.26 Å². The molecule has 7 nitrogen and oxygen atoms in total. The number of nitriles is 1. The van der Waals surface area contributed by atoms with Crippen molar-refractivity contribution in [1.82, 2.24) is 19.9 Å². The molecule has 0 saturated carbocycles. The minimum atomic E-state index is 0.478. The average molecular weight is 409 g/mol. The Labute approximate surface area is 180 Å². The van der Waals surface area contributed by atoms with Crippen LogP contribution < -0.4 is 10.2 Å². The Balaban J connectivity index is 1.52. The van der Waals surface area contributed by atoms with Crippen LogP contribution in [0, 0.1) is 18.3 Å². The molecule has 154 valence electrons. The van der Waals surface area contributed by atoms with Crippen LogP contribution in [0.1, 0.15) is 30.4 Å². The average Bonchev–Trinajstić information content (AvgIpc) is 3.31. The minimum absolute atomic E-state index is 0.478. The van der Waals surface area contributed by atoms with Crippen LogP contribution in [0.5, 0.6) is 0 Å². The summed E-state index contributed by atoms with van der Waals surface area (Å²) >= 11 is 0. The lowest BCUT2D eigenvalue weighted by Gasteiger charge is -2.26. The summed E-state index contributed by atoms with van der Waals surface area (Å²) in [5.74, 6) is 0.760. The normalized spacial score (nSPS) is 13.9. The molecule has 1 aromatic carbocycles. The first kappa shape index (κ1) is 19.1. The third-order valence-electron chi connectivity index (χ3n) is 5.92. The number of anilines is 3. The number of aromatic nitrogens is 4. The Morgan fingerprint density at radius 3 is 2.61 bits per heavy atom. The molecule has 0 aliphatic carbocycles. The Morgan fingerprint density at radius 1 is 1.03 bits per heavy atom. The van der Waals surface area contributed by atoms with Crippen molar-refractivity contribution in [1.29, 1.82) is 5.26 Å². The number of hydrogen-bond donors (Lipinski definition) is 2. The van der Waals surface area contributed by atoms with Crippen molar-refractivity contribution in [2.45, 2.75) is 26.2 Å². The van der Waals surface area contributed by atoms with Crippen LogP contribution in [0.4, 0.5) is 17.3 Å². The molecule has 2 N–H and O–H groups in total. The number of benzene rings is 1. The molecule has 0 bridgehead atoms. The lowest BCUT2D eigenvalue weighted by atomic mass is 10.0. The SMILES string of the molecule is Cc1c(Nc2c(C#N)cncc2-c2cnc(N3CCCCC3)nc2)ccc2[nH]ccc12. The standard InChI is InChI=1S/C24H23N7/c1-16-19-7-8-27-22(19)6-5-21(16)30-23-17(11-25)12-26-15-20(23)18-13-28-24(29-14-18)31-9-3-2-4-10-31/h5-8,12-15,27H,2-4,9-10H2,1H3,(H,26,30). The molecule has 0 amide bonds. The Kier molecular flexibility index (Phi) is 4.97. The first-order chi connectivity index (χ1) is 15.2. The molecule has 4 heterocycles. The van der Waals surface area contributed by atoms with E-state index in [1.807, 2.05) is 30.7 Å². The summed E-state index contributed by atoms with van der Waals surface area (Å²) in [4.78, 5) is 19.0. The molecule has 7 heteroatoms.